The van der Waals surface area contributed by atoms with E-state index in [1.165, 1.54) is 0 Å². The molecule has 5 rings (SSSR count). The molecule has 0 amide bonds. The minimum Gasteiger partial charge on any atom is -0.490 e. The highest BCUT2D eigenvalue weighted by atomic mass is 16.5. The van der Waals surface area contributed by atoms with Gasteiger partial charge >= 0.3 is 0 Å². The molecule has 5 heteroatoms. The highest BCUT2D eigenvalue weighted by molar-refractivity contribution is 5.84. The van der Waals surface area contributed by atoms with Crippen LogP contribution in [0, 0.1) is 6.92 Å². The molecule has 4 aromatic rings. The average molecular weight is 370 g/mol. The Labute approximate surface area is 164 Å². The van der Waals surface area contributed by atoms with Crippen LogP contribution in [0.15, 0.2) is 60.9 Å². The van der Waals surface area contributed by atoms with Crippen LogP contribution in [0.25, 0.3) is 28.2 Å². The van der Waals surface area contributed by atoms with Crippen molar-refractivity contribution in [2.75, 3.05) is 24.6 Å². The van der Waals surface area contributed by atoms with Crippen LogP contribution in [0.3, 0.4) is 0 Å². The van der Waals surface area contributed by atoms with Gasteiger partial charge in [0.05, 0.1) is 23.6 Å². The van der Waals surface area contributed by atoms with E-state index in [2.05, 4.69) is 51.7 Å². The molecule has 0 atom stereocenters. The number of likely N-dealkylation sites (N-methyl/N-ethyl adjacent to an activating group) is 1. The van der Waals surface area contributed by atoms with Gasteiger partial charge in [-0.15, -0.1) is 0 Å². The van der Waals surface area contributed by atoms with Crippen LogP contribution in [-0.2, 0) is 0 Å². The lowest BCUT2D eigenvalue weighted by Crippen LogP contribution is -2.32. The van der Waals surface area contributed by atoms with Crippen LogP contribution in [0.5, 0.6) is 5.75 Å². The zero-order valence-electron chi connectivity index (χ0n) is 16.1. The van der Waals surface area contributed by atoms with Crippen LogP contribution in [0.2, 0.25) is 0 Å². The number of hydrogen-bond donors (Lipinski definition) is 0. The summed E-state index contributed by atoms with van der Waals surface area (Å²) in [6.07, 6.45) is 3.92. The van der Waals surface area contributed by atoms with Crippen molar-refractivity contribution in [3.8, 4) is 28.3 Å². The molecule has 1 aliphatic heterocycles. The van der Waals surface area contributed by atoms with Gasteiger partial charge in [0.2, 0.25) is 0 Å². The first-order valence-corrected chi connectivity index (χ1v) is 9.67. The number of hydrogen-bond acceptors (Lipinski definition) is 4. The first-order chi connectivity index (χ1) is 13.7. The molecule has 0 unspecified atom stereocenters. The van der Waals surface area contributed by atoms with Crippen molar-refractivity contribution in [3.63, 3.8) is 0 Å². The lowest BCUT2D eigenvalue weighted by molar-refractivity contribution is 0.308. The average Bonchev–Trinajstić information content (AvgIpc) is 3.12. The summed E-state index contributed by atoms with van der Waals surface area (Å²) >= 11 is 0. The Morgan fingerprint density at radius 3 is 2.86 bits per heavy atom. The normalized spacial score (nSPS) is 13.4. The molecule has 28 heavy (non-hydrogen) atoms. The number of benzene rings is 1. The van der Waals surface area contributed by atoms with Gasteiger partial charge in [-0.05, 0) is 56.3 Å². The lowest BCUT2D eigenvalue weighted by Gasteiger charge is -2.30. The quantitative estimate of drug-likeness (QED) is 0.529. The zero-order valence-corrected chi connectivity index (χ0v) is 16.1. The summed E-state index contributed by atoms with van der Waals surface area (Å²) in [6, 6.07) is 16.7. The summed E-state index contributed by atoms with van der Waals surface area (Å²) in [5.74, 6) is 0.951. The smallest absolute Gasteiger partial charge is 0.142 e. The summed E-state index contributed by atoms with van der Waals surface area (Å²) < 4.78 is 8.03. The predicted molar refractivity (Wildman–Crippen MR) is 112 cm³/mol. The van der Waals surface area contributed by atoms with E-state index in [1.807, 2.05) is 37.4 Å². The van der Waals surface area contributed by atoms with Gasteiger partial charge in [0.25, 0.3) is 0 Å². The molecular weight excluding hydrogens is 348 g/mol. The van der Waals surface area contributed by atoms with E-state index in [-0.39, 0.29) is 0 Å². The van der Waals surface area contributed by atoms with Gasteiger partial charge in [0, 0.05) is 35.8 Å². The molecule has 0 bridgehead atoms. The molecule has 3 aromatic heterocycles. The predicted octanol–water partition coefficient (Wildman–Crippen LogP) is 4.59. The molecule has 0 spiro atoms. The van der Waals surface area contributed by atoms with Crippen LogP contribution in [0.4, 0.5) is 5.69 Å². The third-order valence-electron chi connectivity index (χ3n) is 5.27. The molecule has 140 valence electrons. The fourth-order valence-corrected chi connectivity index (χ4v) is 3.91. The fraction of sp³-hybridized carbons (Fsp3) is 0.217. The number of aryl methyl sites for hydroxylation is 1. The maximum atomic E-state index is 5.87. The minimum atomic E-state index is 0.733. The Kier molecular flexibility index (Phi) is 4.01. The molecule has 0 fully saturated rings. The number of rotatable bonds is 3. The van der Waals surface area contributed by atoms with Crippen LogP contribution in [-0.4, -0.2) is 34.1 Å². The number of fused-ring (bicyclic) bond motifs is 2. The Hall–Kier alpha value is -3.34. The second-order valence-corrected chi connectivity index (χ2v) is 7.03. The van der Waals surface area contributed by atoms with E-state index in [0.29, 0.717) is 0 Å². The SMILES string of the molecule is CCN1CCOc2ccc(-c3c(-c4ccnc(C)c4)nc4ccccn34)cc21. The van der Waals surface area contributed by atoms with Crippen molar-refractivity contribution in [1.82, 2.24) is 14.4 Å². The largest absolute Gasteiger partial charge is 0.490 e. The van der Waals surface area contributed by atoms with E-state index in [9.17, 15) is 0 Å². The summed E-state index contributed by atoms with van der Waals surface area (Å²) in [4.78, 5) is 11.6. The molecule has 0 N–H and O–H groups in total. The lowest BCUT2D eigenvalue weighted by atomic mass is 10.0. The maximum absolute atomic E-state index is 5.87. The monoisotopic (exact) mass is 370 g/mol. The molecule has 0 saturated carbocycles. The molecule has 1 aromatic carbocycles. The first-order valence-electron chi connectivity index (χ1n) is 9.67. The van der Waals surface area contributed by atoms with Gasteiger partial charge < -0.3 is 9.64 Å². The van der Waals surface area contributed by atoms with Gasteiger partial charge in [-0.2, -0.15) is 0 Å². The third-order valence-corrected chi connectivity index (χ3v) is 5.27. The third kappa shape index (κ3) is 2.71. The highest BCUT2D eigenvalue weighted by Gasteiger charge is 2.21. The van der Waals surface area contributed by atoms with E-state index < -0.39 is 0 Å². The Bertz CT molecular complexity index is 1160. The molecule has 0 saturated heterocycles. The summed E-state index contributed by atoms with van der Waals surface area (Å²) in [5, 5.41) is 0. The fourth-order valence-electron chi connectivity index (χ4n) is 3.91. The van der Waals surface area contributed by atoms with Crippen LogP contribution in [0.1, 0.15) is 12.6 Å². The van der Waals surface area contributed by atoms with Gasteiger partial charge in [0.1, 0.15) is 18.0 Å². The molecule has 4 heterocycles. The van der Waals surface area contributed by atoms with Crippen molar-refractivity contribution in [2.45, 2.75) is 13.8 Å². The van der Waals surface area contributed by atoms with E-state index in [4.69, 9.17) is 9.72 Å². The molecule has 0 aliphatic carbocycles. The van der Waals surface area contributed by atoms with E-state index in [1.54, 1.807) is 0 Å². The first kappa shape index (κ1) is 16.8. The summed E-state index contributed by atoms with van der Waals surface area (Å²) in [7, 11) is 0. The molecule has 1 aliphatic rings. The Morgan fingerprint density at radius 2 is 2.00 bits per heavy atom. The number of anilines is 1. The number of nitrogens with zero attached hydrogens (tertiary/aromatic N) is 4. The summed E-state index contributed by atoms with van der Waals surface area (Å²) in [5.41, 5.74) is 7.33. The van der Waals surface area contributed by atoms with Gasteiger partial charge in [0.15, 0.2) is 0 Å². The topological polar surface area (TPSA) is 42.7 Å². The number of imidazole rings is 1. The van der Waals surface area contributed by atoms with Crippen molar-refractivity contribution in [1.29, 1.82) is 0 Å². The standard InChI is InChI=1S/C23H22N4O/c1-3-26-12-13-28-20-8-7-18(15-19(20)26)23-22(17-9-10-24-16(2)14-17)25-21-6-4-5-11-27(21)23/h4-11,14-15H,3,12-13H2,1-2H3. The van der Waals surface area contributed by atoms with Gasteiger partial charge in [-0.3, -0.25) is 9.38 Å². The number of ether oxygens (including phenoxy) is 1. The summed E-state index contributed by atoms with van der Waals surface area (Å²) in [6.45, 7) is 6.80. The maximum Gasteiger partial charge on any atom is 0.142 e. The van der Waals surface area contributed by atoms with Crippen LogP contribution >= 0.6 is 0 Å². The van der Waals surface area contributed by atoms with E-state index in [0.717, 1.165) is 65.0 Å². The Balaban J connectivity index is 1.76. The van der Waals surface area contributed by atoms with Crippen molar-refractivity contribution in [3.05, 3.63) is 66.6 Å². The van der Waals surface area contributed by atoms with Gasteiger partial charge in [-0.1, -0.05) is 6.07 Å². The number of aromatic nitrogens is 3. The minimum absolute atomic E-state index is 0.733. The van der Waals surface area contributed by atoms with Crippen molar-refractivity contribution >= 4 is 11.3 Å². The molecule has 5 nitrogen and oxygen atoms in total. The second-order valence-electron chi connectivity index (χ2n) is 7.03. The Morgan fingerprint density at radius 1 is 1.07 bits per heavy atom. The number of pyridine rings is 2. The van der Waals surface area contributed by atoms with Gasteiger partial charge in [-0.25, -0.2) is 4.98 Å². The highest BCUT2D eigenvalue weighted by Crippen LogP contribution is 2.39. The van der Waals surface area contributed by atoms with Crippen molar-refractivity contribution < 1.29 is 4.74 Å². The molecular formula is C23H22N4O. The molecule has 0 radical (unpaired) electrons. The van der Waals surface area contributed by atoms with Crippen LogP contribution < -0.4 is 9.64 Å². The zero-order chi connectivity index (χ0) is 19.1. The second kappa shape index (κ2) is 6.68. The van der Waals surface area contributed by atoms with Crippen molar-refractivity contribution in [2.24, 2.45) is 0 Å². The van der Waals surface area contributed by atoms with E-state index >= 15 is 0 Å².